The summed E-state index contributed by atoms with van der Waals surface area (Å²) in [5.74, 6) is -0.698. The van der Waals surface area contributed by atoms with Gasteiger partial charge in [-0.1, -0.05) is 13.3 Å². The minimum Gasteiger partial charge on any atom is -0.381 e. The number of rotatable bonds is 8. The fraction of sp³-hybridized carbons (Fsp3) is 0.500. The zero-order valence-electron chi connectivity index (χ0n) is 11.0. The number of amides is 1. The van der Waals surface area contributed by atoms with Crippen molar-refractivity contribution in [3.8, 4) is 0 Å². The number of carbonyl (C=O) groups excluding carboxylic acids is 1. The zero-order valence-corrected chi connectivity index (χ0v) is 12.6. The fourth-order valence-electron chi connectivity index (χ4n) is 1.49. The molecule has 0 unspecified atom stereocenters. The van der Waals surface area contributed by atoms with Crippen molar-refractivity contribution in [2.24, 2.45) is 0 Å². The van der Waals surface area contributed by atoms with Crippen molar-refractivity contribution in [2.75, 3.05) is 19.8 Å². The lowest BCUT2D eigenvalue weighted by Gasteiger charge is -2.07. The summed E-state index contributed by atoms with van der Waals surface area (Å²) in [6.07, 6.45) is 2.93. The molecule has 1 rings (SSSR count). The van der Waals surface area contributed by atoms with Crippen LogP contribution in [0.1, 0.15) is 36.5 Å². The summed E-state index contributed by atoms with van der Waals surface area (Å²) >= 11 is 3.23. The highest BCUT2D eigenvalue weighted by molar-refractivity contribution is 9.10. The molecule has 1 aromatic carbocycles. The lowest BCUT2D eigenvalue weighted by Crippen LogP contribution is -2.25. The van der Waals surface area contributed by atoms with Crippen LogP contribution >= 0.6 is 15.9 Å². The van der Waals surface area contributed by atoms with Gasteiger partial charge in [-0.05, 0) is 47.0 Å². The number of carbonyl (C=O) groups is 1. The van der Waals surface area contributed by atoms with Gasteiger partial charge in [-0.15, -0.1) is 0 Å². The largest absolute Gasteiger partial charge is 0.381 e. The molecule has 0 heterocycles. The van der Waals surface area contributed by atoms with Crippen molar-refractivity contribution in [2.45, 2.75) is 26.2 Å². The molecule has 0 aromatic heterocycles. The van der Waals surface area contributed by atoms with E-state index in [1.807, 2.05) is 0 Å². The standard InChI is InChI=1S/C14H19BrFNO2/c1-2-3-8-19-9-4-7-17-14(18)12-10-11(16)5-6-13(12)15/h5-6,10H,2-4,7-9H2,1H3,(H,17,18). The molecule has 0 saturated carbocycles. The van der Waals surface area contributed by atoms with Crippen molar-refractivity contribution in [1.29, 1.82) is 0 Å². The number of hydrogen-bond acceptors (Lipinski definition) is 2. The molecule has 0 aliphatic heterocycles. The molecule has 1 aromatic rings. The molecule has 0 aliphatic carbocycles. The van der Waals surface area contributed by atoms with E-state index in [1.54, 1.807) is 0 Å². The predicted octanol–water partition coefficient (Wildman–Crippen LogP) is 3.52. The second kappa shape index (κ2) is 9.04. The van der Waals surface area contributed by atoms with Gasteiger partial charge in [0.1, 0.15) is 5.82 Å². The van der Waals surface area contributed by atoms with Crippen molar-refractivity contribution < 1.29 is 13.9 Å². The van der Waals surface area contributed by atoms with Gasteiger partial charge in [-0.3, -0.25) is 4.79 Å². The Labute approximate surface area is 121 Å². The molecule has 19 heavy (non-hydrogen) atoms. The van der Waals surface area contributed by atoms with Gasteiger partial charge in [-0.2, -0.15) is 0 Å². The van der Waals surface area contributed by atoms with Crippen LogP contribution in [0, 0.1) is 5.82 Å². The van der Waals surface area contributed by atoms with Gasteiger partial charge < -0.3 is 10.1 Å². The molecule has 5 heteroatoms. The number of halogens is 2. The summed E-state index contributed by atoms with van der Waals surface area (Å²) in [5.41, 5.74) is 0.312. The Morgan fingerprint density at radius 2 is 2.11 bits per heavy atom. The molecule has 0 atom stereocenters. The lowest BCUT2D eigenvalue weighted by atomic mass is 10.2. The van der Waals surface area contributed by atoms with E-state index in [1.165, 1.54) is 18.2 Å². The normalized spacial score (nSPS) is 10.5. The summed E-state index contributed by atoms with van der Waals surface area (Å²) in [7, 11) is 0. The van der Waals surface area contributed by atoms with Crippen LogP contribution in [-0.4, -0.2) is 25.7 Å². The van der Waals surface area contributed by atoms with E-state index in [-0.39, 0.29) is 5.91 Å². The van der Waals surface area contributed by atoms with Gasteiger partial charge in [0.2, 0.25) is 0 Å². The van der Waals surface area contributed by atoms with E-state index in [0.29, 0.717) is 23.2 Å². The number of benzene rings is 1. The SMILES string of the molecule is CCCCOCCCNC(=O)c1cc(F)ccc1Br. The minimum atomic E-state index is -0.420. The van der Waals surface area contributed by atoms with Gasteiger partial charge in [0.15, 0.2) is 0 Å². The average Bonchev–Trinajstić information content (AvgIpc) is 2.40. The van der Waals surface area contributed by atoms with Crippen molar-refractivity contribution in [3.05, 3.63) is 34.1 Å². The molecule has 0 fully saturated rings. The van der Waals surface area contributed by atoms with Crippen LogP contribution in [0.3, 0.4) is 0 Å². The zero-order chi connectivity index (χ0) is 14.1. The fourth-order valence-corrected chi connectivity index (χ4v) is 1.92. The quantitative estimate of drug-likeness (QED) is 0.740. The van der Waals surface area contributed by atoms with Gasteiger partial charge in [0.05, 0.1) is 5.56 Å². The molecule has 3 nitrogen and oxygen atoms in total. The molecular formula is C14H19BrFNO2. The molecular weight excluding hydrogens is 313 g/mol. The maximum absolute atomic E-state index is 13.0. The number of nitrogens with one attached hydrogen (secondary N) is 1. The second-order valence-electron chi connectivity index (χ2n) is 4.20. The Hall–Kier alpha value is -0.940. The summed E-state index contributed by atoms with van der Waals surface area (Å²) in [4.78, 5) is 11.8. The Kier molecular flexibility index (Phi) is 7.67. The predicted molar refractivity (Wildman–Crippen MR) is 76.8 cm³/mol. The van der Waals surface area contributed by atoms with Crippen LogP contribution in [0.5, 0.6) is 0 Å². The lowest BCUT2D eigenvalue weighted by molar-refractivity contribution is 0.0939. The highest BCUT2D eigenvalue weighted by Crippen LogP contribution is 2.17. The van der Waals surface area contributed by atoms with Crippen molar-refractivity contribution >= 4 is 21.8 Å². The van der Waals surface area contributed by atoms with Gasteiger partial charge in [0, 0.05) is 24.2 Å². The molecule has 106 valence electrons. The number of hydrogen-bond donors (Lipinski definition) is 1. The Bertz CT molecular complexity index is 412. The molecule has 0 aliphatic rings. The molecule has 1 amide bonds. The Morgan fingerprint density at radius 3 is 2.84 bits per heavy atom. The van der Waals surface area contributed by atoms with Gasteiger partial charge >= 0.3 is 0 Å². The van der Waals surface area contributed by atoms with Gasteiger partial charge in [-0.25, -0.2) is 4.39 Å². The van der Waals surface area contributed by atoms with Crippen LogP contribution in [0.15, 0.2) is 22.7 Å². The van der Waals surface area contributed by atoms with Crippen LogP contribution in [0.4, 0.5) is 4.39 Å². The van der Waals surface area contributed by atoms with Crippen LogP contribution in [-0.2, 0) is 4.74 Å². The first-order chi connectivity index (χ1) is 9.15. The smallest absolute Gasteiger partial charge is 0.252 e. The molecule has 1 N–H and O–H groups in total. The van der Waals surface area contributed by atoms with E-state index in [9.17, 15) is 9.18 Å². The summed E-state index contributed by atoms with van der Waals surface area (Å²) in [6, 6.07) is 4.05. The molecule has 0 spiro atoms. The van der Waals surface area contributed by atoms with E-state index in [0.717, 1.165) is 25.9 Å². The third kappa shape index (κ3) is 6.16. The Morgan fingerprint density at radius 1 is 1.37 bits per heavy atom. The highest BCUT2D eigenvalue weighted by atomic mass is 79.9. The first-order valence-electron chi connectivity index (χ1n) is 6.46. The average molecular weight is 332 g/mol. The van der Waals surface area contributed by atoms with Gasteiger partial charge in [0.25, 0.3) is 5.91 Å². The van der Waals surface area contributed by atoms with E-state index < -0.39 is 5.82 Å². The first kappa shape index (κ1) is 16.1. The summed E-state index contributed by atoms with van der Waals surface area (Å²) < 4.78 is 19.0. The molecule has 0 radical (unpaired) electrons. The van der Waals surface area contributed by atoms with E-state index in [4.69, 9.17) is 4.74 Å². The van der Waals surface area contributed by atoms with Crippen LogP contribution < -0.4 is 5.32 Å². The summed E-state index contributed by atoms with van der Waals surface area (Å²) in [6.45, 7) is 4.03. The van der Waals surface area contributed by atoms with Crippen molar-refractivity contribution in [1.82, 2.24) is 5.32 Å². The minimum absolute atomic E-state index is 0.278. The summed E-state index contributed by atoms with van der Waals surface area (Å²) in [5, 5.41) is 2.74. The molecule has 0 bridgehead atoms. The van der Waals surface area contributed by atoms with Crippen molar-refractivity contribution in [3.63, 3.8) is 0 Å². The second-order valence-corrected chi connectivity index (χ2v) is 5.05. The Balaban J connectivity index is 2.26. The first-order valence-corrected chi connectivity index (χ1v) is 7.25. The van der Waals surface area contributed by atoms with Crippen LogP contribution in [0.2, 0.25) is 0 Å². The molecule has 0 saturated heterocycles. The number of unbranched alkanes of at least 4 members (excludes halogenated alkanes) is 1. The highest BCUT2D eigenvalue weighted by Gasteiger charge is 2.10. The van der Waals surface area contributed by atoms with E-state index in [2.05, 4.69) is 28.2 Å². The van der Waals surface area contributed by atoms with Crippen LogP contribution in [0.25, 0.3) is 0 Å². The third-order valence-electron chi connectivity index (χ3n) is 2.57. The third-order valence-corrected chi connectivity index (χ3v) is 3.26. The number of ether oxygens (including phenoxy) is 1. The van der Waals surface area contributed by atoms with E-state index >= 15 is 0 Å². The topological polar surface area (TPSA) is 38.3 Å². The maximum Gasteiger partial charge on any atom is 0.252 e. The monoisotopic (exact) mass is 331 g/mol. The maximum atomic E-state index is 13.0.